The Morgan fingerprint density at radius 1 is 0.810 bits per heavy atom. The van der Waals surface area contributed by atoms with Gasteiger partial charge in [0, 0.05) is 12.0 Å². The van der Waals surface area contributed by atoms with E-state index in [1.807, 2.05) is 51.1 Å². The van der Waals surface area contributed by atoms with E-state index < -0.39 is 0 Å². The van der Waals surface area contributed by atoms with Crippen molar-refractivity contribution in [2.24, 2.45) is 0 Å². The number of hydrogen-bond donors (Lipinski definition) is 0. The third kappa shape index (κ3) is 21.3. The van der Waals surface area contributed by atoms with E-state index in [9.17, 15) is 4.79 Å². The summed E-state index contributed by atoms with van der Waals surface area (Å²) in [6, 6.07) is 9.34. The minimum Gasteiger partial charge on any atom is -0.294 e. The maximum atomic E-state index is 11.0. The minimum absolute atomic E-state index is 0.209. The molecule has 1 aromatic rings. The topological polar surface area (TPSA) is 17.1 Å². The van der Waals surface area contributed by atoms with Crippen LogP contribution in [0.25, 0.3) is 0 Å². The Morgan fingerprint density at radius 2 is 1.19 bits per heavy atom. The molecule has 0 amide bonds. The summed E-state index contributed by atoms with van der Waals surface area (Å²) >= 11 is 0. The van der Waals surface area contributed by atoms with E-state index >= 15 is 0 Å². The summed E-state index contributed by atoms with van der Waals surface area (Å²) in [5.74, 6) is 0.209. The number of ketones is 1. The molecule has 124 valence electrons. The molecule has 0 bridgehead atoms. The van der Waals surface area contributed by atoms with Crippen molar-refractivity contribution >= 4 is 5.78 Å². The summed E-state index contributed by atoms with van der Waals surface area (Å²) in [6.45, 7) is 14.6. The van der Waals surface area contributed by atoms with Crippen LogP contribution >= 0.6 is 0 Å². The van der Waals surface area contributed by atoms with Crippen LogP contribution in [0.1, 0.15) is 97.3 Å². The van der Waals surface area contributed by atoms with Crippen LogP contribution in [0, 0.1) is 0 Å². The Morgan fingerprint density at radius 3 is 1.48 bits per heavy atom. The fraction of sp³-hybridized carbons (Fsp3) is 0.650. The quantitative estimate of drug-likeness (QED) is 0.411. The number of Topliss-reactive ketones (excluding diaryl/α,β-unsaturated/α-hetero) is 1. The van der Waals surface area contributed by atoms with E-state index in [0.29, 0.717) is 6.42 Å². The molecule has 0 saturated heterocycles. The second-order valence-corrected chi connectivity index (χ2v) is 4.56. The van der Waals surface area contributed by atoms with Crippen molar-refractivity contribution in [2.75, 3.05) is 0 Å². The summed E-state index contributed by atoms with van der Waals surface area (Å²) in [5.41, 5.74) is 0.810. The Labute approximate surface area is 134 Å². The molecule has 0 aliphatic rings. The molecule has 0 heterocycles. The molecule has 0 aromatic heterocycles. The Balaban J connectivity index is -0.000000253. The lowest BCUT2D eigenvalue weighted by Gasteiger charge is -1.93. The van der Waals surface area contributed by atoms with Gasteiger partial charge < -0.3 is 0 Å². The van der Waals surface area contributed by atoms with E-state index in [2.05, 4.69) is 27.7 Å². The van der Waals surface area contributed by atoms with Gasteiger partial charge in [-0.2, -0.15) is 0 Å². The highest BCUT2D eigenvalue weighted by Crippen LogP contribution is 2.01. The van der Waals surface area contributed by atoms with Gasteiger partial charge in [-0.1, -0.05) is 111 Å². The smallest absolute Gasteiger partial charge is 0.162 e. The minimum atomic E-state index is 0.209. The van der Waals surface area contributed by atoms with Crippen molar-refractivity contribution in [1.82, 2.24) is 0 Å². The molecule has 0 unspecified atom stereocenters. The van der Waals surface area contributed by atoms with E-state index in [1.165, 1.54) is 32.1 Å². The van der Waals surface area contributed by atoms with Gasteiger partial charge >= 0.3 is 0 Å². The van der Waals surface area contributed by atoms with E-state index in [4.69, 9.17) is 0 Å². The highest BCUT2D eigenvalue weighted by Gasteiger charge is 1.98. The standard InChI is InChI=1S/C9H10O.C6H14.C3H8.C2H6/c1-2-9(10)8-6-4-3-5-7-8;1-3-5-6-4-2;1-3-2;1-2/h3-7H,2H2,1H3;3-6H2,1-2H3;3H2,1-2H3;1-2H3. The van der Waals surface area contributed by atoms with Crippen molar-refractivity contribution in [2.45, 2.75) is 87.0 Å². The second kappa shape index (κ2) is 23.9. The third-order valence-corrected chi connectivity index (χ3v) is 2.37. The van der Waals surface area contributed by atoms with Gasteiger partial charge in [0.15, 0.2) is 5.78 Å². The van der Waals surface area contributed by atoms with Gasteiger partial charge in [-0.05, 0) is 0 Å². The van der Waals surface area contributed by atoms with Gasteiger partial charge in [-0.25, -0.2) is 0 Å². The summed E-state index contributed by atoms with van der Waals surface area (Å²) in [4.78, 5) is 11.0. The molecule has 0 saturated carbocycles. The number of rotatable bonds is 5. The predicted molar refractivity (Wildman–Crippen MR) is 98.2 cm³/mol. The molecule has 0 atom stereocenters. The van der Waals surface area contributed by atoms with Crippen molar-refractivity contribution in [3.05, 3.63) is 35.9 Å². The van der Waals surface area contributed by atoms with Crippen LogP contribution in [0.2, 0.25) is 0 Å². The fourth-order valence-corrected chi connectivity index (χ4v) is 1.33. The molecule has 0 aliphatic heterocycles. The predicted octanol–water partition coefficient (Wildman–Crippen LogP) is 7.31. The van der Waals surface area contributed by atoms with E-state index in [0.717, 1.165) is 5.56 Å². The third-order valence-electron chi connectivity index (χ3n) is 2.37. The second-order valence-electron chi connectivity index (χ2n) is 4.56. The normalized spacial score (nSPS) is 8.14. The van der Waals surface area contributed by atoms with E-state index in [-0.39, 0.29) is 5.78 Å². The first-order valence-electron chi connectivity index (χ1n) is 8.75. The molecule has 1 nitrogen and oxygen atoms in total. The van der Waals surface area contributed by atoms with Crippen molar-refractivity contribution in [3.8, 4) is 0 Å². The highest BCUT2D eigenvalue weighted by molar-refractivity contribution is 5.95. The summed E-state index contributed by atoms with van der Waals surface area (Å²) in [7, 11) is 0. The van der Waals surface area contributed by atoms with Crippen LogP contribution < -0.4 is 0 Å². The number of unbranched alkanes of at least 4 members (excludes halogenated alkanes) is 3. The van der Waals surface area contributed by atoms with Crippen LogP contribution in [0.15, 0.2) is 30.3 Å². The Bertz CT molecular complexity index is 273. The molecule has 0 N–H and O–H groups in total. The average molecular weight is 295 g/mol. The summed E-state index contributed by atoms with van der Waals surface area (Å²) in [6.07, 6.45) is 7.37. The molecule has 0 spiro atoms. The van der Waals surface area contributed by atoms with Gasteiger partial charge in [-0.15, -0.1) is 0 Å². The van der Waals surface area contributed by atoms with Crippen LogP contribution in [-0.4, -0.2) is 5.78 Å². The van der Waals surface area contributed by atoms with E-state index in [1.54, 1.807) is 0 Å². The first-order valence-corrected chi connectivity index (χ1v) is 8.75. The Kier molecular flexibility index (Phi) is 28.4. The lowest BCUT2D eigenvalue weighted by atomic mass is 10.1. The van der Waals surface area contributed by atoms with Crippen molar-refractivity contribution in [3.63, 3.8) is 0 Å². The maximum Gasteiger partial charge on any atom is 0.162 e. The van der Waals surface area contributed by atoms with Crippen LogP contribution in [0.3, 0.4) is 0 Å². The molecule has 0 aliphatic carbocycles. The van der Waals surface area contributed by atoms with Crippen molar-refractivity contribution < 1.29 is 4.79 Å². The maximum absolute atomic E-state index is 11.0. The summed E-state index contributed by atoms with van der Waals surface area (Å²) < 4.78 is 0. The zero-order valence-electron chi connectivity index (χ0n) is 15.5. The first kappa shape index (κ1) is 24.9. The van der Waals surface area contributed by atoms with Crippen LogP contribution in [0.4, 0.5) is 0 Å². The number of benzene rings is 1. The summed E-state index contributed by atoms with van der Waals surface area (Å²) in [5, 5.41) is 0. The largest absolute Gasteiger partial charge is 0.294 e. The van der Waals surface area contributed by atoms with Gasteiger partial charge in [0.25, 0.3) is 0 Å². The molecule has 1 aromatic carbocycles. The Hall–Kier alpha value is -1.11. The lowest BCUT2D eigenvalue weighted by molar-refractivity contribution is 0.0988. The van der Waals surface area contributed by atoms with Gasteiger partial charge in [0.1, 0.15) is 0 Å². The van der Waals surface area contributed by atoms with Crippen LogP contribution in [0.5, 0.6) is 0 Å². The zero-order valence-corrected chi connectivity index (χ0v) is 15.5. The lowest BCUT2D eigenvalue weighted by Crippen LogP contribution is -1.94. The molecule has 1 rings (SSSR count). The van der Waals surface area contributed by atoms with Crippen LogP contribution in [-0.2, 0) is 0 Å². The average Bonchev–Trinajstić information content (AvgIpc) is 2.56. The number of hydrogen-bond acceptors (Lipinski definition) is 1. The fourth-order valence-electron chi connectivity index (χ4n) is 1.33. The van der Waals surface area contributed by atoms with Crippen molar-refractivity contribution in [1.29, 1.82) is 0 Å². The molecule has 0 fully saturated rings. The first-order chi connectivity index (χ1) is 10.2. The molecule has 1 heteroatoms. The molecular weight excluding hydrogens is 256 g/mol. The SMILES string of the molecule is CC.CCC.CCC(=O)c1ccccc1.CCCCCC. The van der Waals surface area contributed by atoms with Gasteiger partial charge in [0.05, 0.1) is 0 Å². The van der Waals surface area contributed by atoms with Gasteiger partial charge in [-0.3, -0.25) is 4.79 Å². The molecular formula is C20H38O. The zero-order chi connectivity index (χ0) is 16.9. The number of carbonyl (C=O) groups is 1. The molecule has 0 radical (unpaired) electrons. The highest BCUT2D eigenvalue weighted by atomic mass is 16.1. The van der Waals surface area contributed by atoms with Gasteiger partial charge in [0.2, 0.25) is 0 Å². The monoisotopic (exact) mass is 294 g/mol. The molecule has 21 heavy (non-hydrogen) atoms. The number of carbonyl (C=O) groups excluding carboxylic acids is 1.